The maximum absolute atomic E-state index is 12.2. The number of rotatable bonds is 3. The van der Waals surface area contributed by atoms with Gasteiger partial charge in [-0.1, -0.05) is 0 Å². The lowest BCUT2D eigenvalue weighted by molar-refractivity contribution is 0.0622. The van der Waals surface area contributed by atoms with Gasteiger partial charge in [0.25, 0.3) is 5.91 Å². The van der Waals surface area contributed by atoms with Crippen LogP contribution in [-0.2, 0) is 9.84 Å². The summed E-state index contributed by atoms with van der Waals surface area (Å²) in [6.45, 7) is 3.18. The van der Waals surface area contributed by atoms with E-state index in [0.717, 1.165) is 50.1 Å². The molecule has 1 aromatic rings. The number of carbonyl (C=O) groups excluding carboxylic acids is 1. The summed E-state index contributed by atoms with van der Waals surface area (Å²) in [4.78, 5) is 15.1. The topological polar surface area (TPSA) is 66.5 Å². The van der Waals surface area contributed by atoms with E-state index in [9.17, 15) is 13.2 Å². The van der Waals surface area contributed by atoms with Crippen molar-refractivity contribution in [1.29, 1.82) is 0 Å². The lowest BCUT2D eigenvalue weighted by Crippen LogP contribution is -2.57. The fraction of sp³-hybridized carbons (Fsp3) is 0.615. The number of nitrogens with zero attached hydrogens (tertiary/aromatic N) is 1. The molecule has 0 unspecified atom stereocenters. The molecule has 1 aromatic heterocycles. The van der Waals surface area contributed by atoms with E-state index in [0.29, 0.717) is 10.8 Å². The highest BCUT2D eigenvalue weighted by molar-refractivity contribution is 7.92. The quantitative estimate of drug-likeness (QED) is 0.903. The maximum atomic E-state index is 12.2. The third-order valence-electron chi connectivity index (χ3n) is 4.14. The summed E-state index contributed by atoms with van der Waals surface area (Å²) in [6, 6.07) is 3.30. The third kappa shape index (κ3) is 2.75. The van der Waals surface area contributed by atoms with E-state index < -0.39 is 9.84 Å². The third-order valence-corrected chi connectivity index (χ3v) is 7.05. The summed E-state index contributed by atoms with van der Waals surface area (Å²) >= 11 is 1.04. The first-order chi connectivity index (χ1) is 9.43. The molecule has 0 spiro atoms. The Hall–Kier alpha value is -0.920. The molecule has 7 heteroatoms. The number of amides is 1. The van der Waals surface area contributed by atoms with Crippen LogP contribution >= 0.6 is 11.3 Å². The van der Waals surface area contributed by atoms with Gasteiger partial charge in [0.15, 0.2) is 9.84 Å². The number of hydrogen-bond donors (Lipinski definition) is 1. The van der Waals surface area contributed by atoms with Gasteiger partial charge in [-0.15, -0.1) is 11.3 Å². The molecular weight excluding hydrogens is 296 g/mol. The summed E-state index contributed by atoms with van der Waals surface area (Å²) in [5.74, 6) is 0.418. The molecule has 3 aliphatic heterocycles. The Kier molecular flexibility index (Phi) is 3.60. The molecule has 3 fully saturated rings. The van der Waals surface area contributed by atoms with Crippen molar-refractivity contribution in [3.05, 3.63) is 17.0 Å². The standard InChI is InChI=1S/C13H18N2O3S2/c1-20(17,18)12-3-2-11(19-12)13(16)14-10-8-15-6-4-9(10)5-7-15/h2-3,9-10H,4-8H2,1H3,(H,14,16)/t10-/m0/s1. The Labute approximate surface area is 122 Å². The zero-order valence-electron chi connectivity index (χ0n) is 11.3. The Morgan fingerprint density at radius 1 is 1.35 bits per heavy atom. The molecule has 0 aliphatic carbocycles. The molecule has 3 saturated heterocycles. The fourth-order valence-electron chi connectivity index (χ4n) is 3.01. The number of carbonyl (C=O) groups is 1. The van der Waals surface area contributed by atoms with Gasteiger partial charge in [-0.05, 0) is 44.0 Å². The Morgan fingerprint density at radius 2 is 2.05 bits per heavy atom. The Morgan fingerprint density at radius 3 is 2.55 bits per heavy atom. The number of sulfone groups is 1. The summed E-state index contributed by atoms with van der Waals surface area (Å²) in [5, 5.41) is 3.07. The second-order valence-electron chi connectivity index (χ2n) is 5.61. The van der Waals surface area contributed by atoms with E-state index in [-0.39, 0.29) is 16.2 Å². The second-order valence-corrected chi connectivity index (χ2v) is 8.94. The predicted molar refractivity (Wildman–Crippen MR) is 77.8 cm³/mol. The summed E-state index contributed by atoms with van der Waals surface area (Å²) in [7, 11) is -3.23. The Balaban J connectivity index is 1.69. The summed E-state index contributed by atoms with van der Waals surface area (Å²) < 4.78 is 23.1. The van der Waals surface area contributed by atoms with Gasteiger partial charge in [-0.2, -0.15) is 0 Å². The highest BCUT2D eigenvalue weighted by atomic mass is 32.2. The maximum Gasteiger partial charge on any atom is 0.261 e. The van der Waals surface area contributed by atoms with Crippen molar-refractivity contribution in [2.45, 2.75) is 23.1 Å². The van der Waals surface area contributed by atoms with Crippen LogP contribution in [0.25, 0.3) is 0 Å². The molecular formula is C13H18N2O3S2. The van der Waals surface area contributed by atoms with E-state index in [1.165, 1.54) is 6.07 Å². The van der Waals surface area contributed by atoms with Crippen molar-refractivity contribution in [2.24, 2.45) is 5.92 Å². The summed E-state index contributed by atoms with van der Waals surface area (Å²) in [5.41, 5.74) is 0. The fourth-order valence-corrected chi connectivity index (χ4v) is 4.84. The van der Waals surface area contributed by atoms with E-state index >= 15 is 0 Å². The van der Waals surface area contributed by atoms with E-state index in [4.69, 9.17) is 0 Å². The van der Waals surface area contributed by atoms with Crippen molar-refractivity contribution in [3.8, 4) is 0 Å². The SMILES string of the molecule is CS(=O)(=O)c1ccc(C(=O)N[C@H]2CN3CCC2CC3)s1. The molecule has 20 heavy (non-hydrogen) atoms. The van der Waals surface area contributed by atoms with Gasteiger partial charge >= 0.3 is 0 Å². The van der Waals surface area contributed by atoms with Crippen molar-refractivity contribution in [1.82, 2.24) is 10.2 Å². The zero-order valence-corrected chi connectivity index (χ0v) is 13.0. The van der Waals surface area contributed by atoms with Crippen LogP contribution in [0.15, 0.2) is 16.3 Å². The predicted octanol–water partition coefficient (Wildman–Crippen LogP) is 0.976. The first-order valence-corrected chi connectivity index (χ1v) is 9.47. The highest BCUT2D eigenvalue weighted by Gasteiger charge is 2.35. The lowest BCUT2D eigenvalue weighted by atomic mass is 9.84. The van der Waals surface area contributed by atoms with Crippen LogP contribution < -0.4 is 5.32 Å². The number of hydrogen-bond acceptors (Lipinski definition) is 5. The first kappa shape index (κ1) is 14.0. The smallest absolute Gasteiger partial charge is 0.261 e. The van der Waals surface area contributed by atoms with Gasteiger partial charge in [0, 0.05) is 18.8 Å². The molecule has 1 N–H and O–H groups in total. The van der Waals surface area contributed by atoms with Gasteiger partial charge in [0.2, 0.25) is 0 Å². The molecule has 1 atom stereocenters. The minimum atomic E-state index is -3.23. The van der Waals surface area contributed by atoms with E-state index in [1.54, 1.807) is 6.07 Å². The number of nitrogens with one attached hydrogen (secondary N) is 1. The van der Waals surface area contributed by atoms with Gasteiger partial charge in [0.1, 0.15) is 4.21 Å². The van der Waals surface area contributed by atoms with Crippen LogP contribution in [0.3, 0.4) is 0 Å². The average molecular weight is 314 g/mol. The van der Waals surface area contributed by atoms with Crippen LogP contribution in [0.5, 0.6) is 0 Å². The van der Waals surface area contributed by atoms with Gasteiger partial charge in [-0.3, -0.25) is 4.79 Å². The van der Waals surface area contributed by atoms with Crippen molar-refractivity contribution in [2.75, 3.05) is 25.9 Å². The Bertz CT molecular complexity index is 615. The molecule has 0 radical (unpaired) electrons. The van der Waals surface area contributed by atoms with Crippen molar-refractivity contribution >= 4 is 27.1 Å². The molecule has 3 aliphatic rings. The molecule has 0 aromatic carbocycles. The molecule has 4 heterocycles. The minimum Gasteiger partial charge on any atom is -0.347 e. The second kappa shape index (κ2) is 5.13. The zero-order chi connectivity index (χ0) is 14.3. The minimum absolute atomic E-state index is 0.149. The number of fused-ring (bicyclic) bond motifs is 3. The van der Waals surface area contributed by atoms with Crippen LogP contribution in [-0.4, -0.2) is 51.2 Å². The molecule has 4 rings (SSSR count). The van der Waals surface area contributed by atoms with Crippen molar-refractivity contribution < 1.29 is 13.2 Å². The van der Waals surface area contributed by atoms with Crippen LogP contribution in [0.4, 0.5) is 0 Å². The van der Waals surface area contributed by atoms with Gasteiger partial charge < -0.3 is 10.2 Å². The molecule has 110 valence electrons. The lowest BCUT2D eigenvalue weighted by Gasteiger charge is -2.44. The molecule has 0 saturated carbocycles. The van der Waals surface area contributed by atoms with E-state index in [2.05, 4.69) is 10.2 Å². The normalized spacial score (nSPS) is 29.4. The average Bonchev–Trinajstić information content (AvgIpc) is 2.89. The number of thiophene rings is 1. The first-order valence-electron chi connectivity index (χ1n) is 6.76. The molecule has 5 nitrogen and oxygen atoms in total. The largest absolute Gasteiger partial charge is 0.347 e. The monoisotopic (exact) mass is 314 g/mol. The molecule has 2 bridgehead atoms. The van der Waals surface area contributed by atoms with Crippen molar-refractivity contribution in [3.63, 3.8) is 0 Å². The van der Waals surface area contributed by atoms with Gasteiger partial charge in [-0.25, -0.2) is 8.42 Å². The van der Waals surface area contributed by atoms with Crippen LogP contribution in [0, 0.1) is 5.92 Å². The van der Waals surface area contributed by atoms with Crippen LogP contribution in [0.1, 0.15) is 22.5 Å². The summed E-state index contributed by atoms with van der Waals surface area (Å²) in [6.07, 6.45) is 3.45. The molecule has 1 amide bonds. The van der Waals surface area contributed by atoms with Crippen LogP contribution in [0.2, 0.25) is 0 Å². The van der Waals surface area contributed by atoms with Gasteiger partial charge in [0.05, 0.1) is 4.88 Å². The number of piperidine rings is 3. The highest BCUT2D eigenvalue weighted by Crippen LogP contribution is 2.28. The van der Waals surface area contributed by atoms with E-state index in [1.807, 2.05) is 0 Å².